The van der Waals surface area contributed by atoms with Crippen molar-refractivity contribution >= 4 is 35.1 Å². The number of carbonyl (C=O) groups is 1. The second-order valence-electron chi connectivity index (χ2n) is 6.47. The Hall–Kier alpha value is -2.38. The van der Waals surface area contributed by atoms with E-state index in [1.807, 2.05) is 51.1 Å². The van der Waals surface area contributed by atoms with Crippen LogP contribution in [-0.2, 0) is 4.79 Å². The lowest BCUT2D eigenvalue weighted by Crippen LogP contribution is -2.17. The van der Waals surface area contributed by atoms with Crippen LogP contribution in [0.15, 0.2) is 30.3 Å². The van der Waals surface area contributed by atoms with Gasteiger partial charge >= 0.3 is 0 Å². The first-order valence-corrected chi connectivity index (χ1v) is 9.95. The number of aromatic nitrogens is 4. The van der Waals surface area contributed by atoms with Crippen LogP contribution in [-0.4, -0.2) is 31.4 Å². The van der Waals surface area contributed by atoms with Crippen LogP contribution in [0.4, 0.5) is 5.82 Å². The number of rotatable bonds is 2. The molecule has 1 unspecified atom stereocenters. The first-order chi connectivity index (χ1) is 12.9. The zero-order valence-corrected chi connectivity index (χ0v) is 16.7. The molecule has 0 spiro atoms. The highest BCUT2D eigenvalue weighted by molar-refractivity contribution is 8.00. The Morgan fingerprint density at radius 3 is 2.59 bits per heavy atom. The number of aryl methyl sites for hydroxylation is 3. The number of benzene rings is 1. The number of nitrogens with zero attached hydrogens (tertiary/aromatic N) is 4. The molecule has 0 saturated carbocycles. The molecule has 2 aromatic heterocycles. The summed E-state index contributed by atoms with van der Waals surface area (Å²) in [4.78, 5) is 21.4. The van der Waals surface area contributed by atoms with Gasteiger partial charge in [0.2, 0.25) is 5.91 Å². The lowest BCUT2D eigenvalue weighted by molar-refractivity contribution is -0.113. The van der Waals surface area contributed by atoms with Crippen molar-refractivity contribution in [1.82, 2.24) is 19.7 Å². The van der Waals surface area contributed by atoms with E-state index in [2.05, 4.69) is 20.4 Å². The van der Waals surface area contributed by atoms with Crippen molar-refractivity contribution in [3.8, 4) is 5.95 Å². The van der Waals surface area contributed by atoms with Crippen molar-refractivity contribution in [2.45, 2.75) is 26.0 Å². The molecule has 3 aromatic rings. The fourth-order valence-corrected chi connectivity index (χ4v) is 4.80. The molecule has 0 fully saturated rings. The number of thioether (sulfide) groups is 1. The summed E-state index contributed by atoms with van der Waals surface area (Å²) in [6, 6.07) is 9.61. The van der Waals surface area contributed by atoms with Gasteiger partial charge in [0.25, 0.3) is 5.95 Å². The predicted octanol–water partition coefficient (Wildman–Crippen LogP) is 4.02. The van der Waals surface area contributed by atoms with E-state index in [0.29, 0.717) is 22.5 Å². The van der Waals surface area contributed by atoms with Gasteiger partial charge in [0.1, 0.15) is 5.82 Å². The maximum absolute atomic E-state index is 12.4. The van der Waals surface area contributed by atoms with Crippen molar-refractivity contribution in [2.24, 2.45) is 0 Å². The van der Waals surface area contributed by atoms with E-state index >= 15 is 0 Å². The van der Waals surface area contributed by atoms with Crippen LogP contribution in [0.25, 0.3) is 5.95 Å². The number of carbonyl (C=O) groups excluding carboxylic acids is 1. The first kappa shape index (κ1) is 18.0. The number of hydrogen-bond acceptors (Lipinski definition) is 5. The number of fused-ring (bicyclic) bond motifs is 1. The molecule has 1 N–H and O–H groups in total. The standard InChI is InChI=1S/C19H18ClN5OS/c1-10-8-11(2)22-19(21-10)25-18-16(12(3)24-25)17(27-9-15(26)23-18)13-6-4-5-7-14(13)20/h4-8,17H,9H2,1-3H3,(H,23,26). The highest BCUT2D eigenvalue weighted by atomic mass is 35.5. The SMILES string of the molecule is Cc1cc(C)nc(-n2nc(C)c3c2NC(=O)CSC3c2ccccc2Cl)n1. The molecule has 4 rings (SSSR count). The fraction of sp³-hybridized carbons (Fsp3) is 0.263. The zero-order valence-electron chi connectivity index (χ0n) is 15.2. The van der Waals surface area contributed by atoms with E-state index in [-0.39, 0.29) is 11.2 Å². The highest BCUT2D eigenvalue weighted by Gasteiger charge is 2.32. The molecule has 27 heavy (non-hydrogen) atoms. The molecule has 138 valence electrons. The van der Waals surface area contributed by atoms with Gasteiger partial charge in [0.05, 0.1) is 16.7 Å². The Balaban J connectivity index is 1.93. The van der Waals surface area contributed by atoms with Crippen molar-refractivity contribution < 1.29 is 4.79 Å². The van der Waals surface area contributed by atoms with E-state index in [1.54, 1.807) is 16.4 Å². The minimum atomic E-state index is -0.104. The van der Waals surface area contributed by atoms with Gasteiger partial charge in [-0.25, -0.2) is 9.97 Å². The molecular formula is C19H18ClN5OS. The number of halogens is 1. The molecular weight excluding hydrogens is 382 g/mol. The maximum atomic E-state index is 12.4. The summed E-state index contributed by atoms with van der Waals surface area (Å²) in [7, 11) is 0. The second-order valence-corrected chi connectivity index (χ2v) is 7.97. The molecule has 1 aliphatic rings. The molecule has 6 nitrogen and oxygen atoms in total. The number of anilines is 1. The lowest BCUT2D eigenvalue weighted by Gasteiger charge is -2.16. The second kappa shape index (κ2) is 6.98. The molecule has 8 heteroatoms. The van der Waals surface area contributed by atoms with Gasteiger partial charge < -0.3 is 5.32 Å². The fourth-order valence-electron chi connectivity index (χ4n) is 3.26. The molecule has 0 bridgehead atoms. The van der Waals surface area contributed by atoms with E-state index < -0.39 is 0 Å². The number of nitrogens with one attached hydrogen (secondary N) is 1. The average Bonchev–Trinajstić information content (AvgIpc) is 2.81. The third kappa shape index (κ3) is 3.33. The largest absolute Gasteiger partial charge is 0.309 e. The van der Waals surface area contributed by atoms with Crippen LogP contribution < -0.4 is 5.32 Å². The van der Waals surface area contributed by atoms with Crippen LogP contribution in [0.1, 0.15) is 33.5 Å². The normalized spacial score (nSPS) is 16.6. The van der Waals surface area contributed by atoms with Gasteiger partial charge in [-0.2, -0.15) is 9.78 Å². The van der Waals surface area contributed by atoms with E-state index in [9.17, 15) is 4.79 Å². The summed E-state index contributed by atoms with van der Waals surface area (Å²) < 4.78 is 1.62. The minimum Gasteiger partial charge on any atom is -0.309 e. The molecule has 1 amide bonds. The monoisotopic (exact) mass is 399 g/mol. The summed E-state index contributed by atoms with van der Waals surface area (Å²) in [6.07, 6.45) is 0. The summed E-state index contributed by atoms with van der Waals surface area (Å²) in [5.41, 5.74) is 4.40. The average molecular weight is 400 g/mol. The Kier molecular flexibility index (Phi) is 4.65. The van der Waals surface area contributed by atoms with Gasteiger partial charge in [0.15, 0.2) is 0 Å². The van der Waals surface area contributed by atoms with Crippen LogP contribution in [0.2, 0.25) is 5.02 Å². The summed E-state index contributed by atoms with van der Waals surface area (Å²) in [5, 5.41) is 8.20. The van der Waals surface area contributed by atoms with Crippen LogP contribution in [0.5, 0.6) is 0 Å². The van der Waals surface area contributed by atoms with Gasteiger partial charge in [0, 0.05) is 22.0 Å². The van der Waals surface area contributed by atoms with Crippen molar-refractivity contribution in [2.75, 3.05) is 11.1 Å². The van der Waals surface area contributed by atoms with E-state index in [0.717, 1.165) is 28.2 Å². The third-order valence-electron chi connectivity index (χ3n) is 4.36. The molecule has 1 aliphatic heterocycles. The summed E-state index contributed by atoms with van der Waals surface area (Å²) in [5.74, 6) is 1.30. The van der Waals surface area contributed by atoms with Crippen LogP contribution >= 0.6 is 23.4 Å². The minimum absolute atomic E-state index is 0.0821. The maximum Gasteiger partial charge on any atom is 0.252 e. The molecule has 3 heterocycles. The van der Waals surface area contributed by atoms with Crippen LogP contribution in [0.3, 0.4) is 0 Å². The Bertz CT molecular complexity index is 1030. The zero-order chi connectivity index (χ0) is 19.1. The summed E-state index contributed by atoms with van der Waals surface area (Å²) in [6.45, 7) is 5.75. The van der Waals surface area contributed by atoms with E-state index in [4.69, 9.17) is 11.6 Å². The Morgan fingerprint density at radius 2 is 1.89 bits per heavy atom. The Labute approximate surface area is 166 Å². The Morgan fingerprint density at radius 1 is 1.19 bits per heavy atom. The van der Waals surface area contributed by atoms with Gasteiger partial charge in [-0.05, 0) is 38.5 Å². The number of amides is 1. The summed E-state index contributed by atoms with van der Waals surface area (Å²) >= 11 is 8.00. The topological polar surface area (TPSA) is 72.7 Å². The van der Waals surface area contributed by atoms with Gasteiger partial charge in [-0.1, -0.05) is 29.8 Å². The van der Waals surface area contributed by atoms with Crippen molar-refractivity contribution in [3.05, 3.63) is 63.6 Å². The van der Waals surface area contributed by atoms with Gasteiger partial charge in [-0.15, -0.1) is 11.8 Å². The van der Waals surface area contributed by atoms with Crippen molar-refractivity contribution in [1.29, 1.82) is 0 Å². The highest BCUT2D eigenvalue weighted by Crippen LogP contribution is 2.45. The smallest absolute Gasteiger partial charge is 0.252 e. The number of hydrogen-bond donors (Lipinski definition) is 1. The predicted molar refractivity (Wildman–Crippen MR) is 108 cm³/mol. The lowest BCUT2D eigenvalue weighted by atomic mass is 10.0. The molecule has 0 aliphatic carbocycles. The van der Waals surface area contributed by atoms with Crippen molar-refractivity contribution in [3.63, 3.8) is 0 Å². The first-order valence-electron chi connectivity index (χ1n) is 8.52. The quantitative estimate of drug-likeness (QED) is 0.704. The van der Waals surface area contributed by atoms with E-state index in [1.165, 1.54) is 0 Å². The van der Waals surface area contributed by atoms with Crippen LogP contribution in [0, 0.1) is 20.8 Å². The molecule has 1 aromatic carbocycles. The third-order valence-corrected chi connectivity index (χ3v) is 5.95. The van der Waals surface area contributed by atoms with Gasteiger partial charge in [-0.3, -0.25) is 4.79 Å². The molecule has 0 radical (unpaired) electrons. The molecule has 1 atom stereocenters. The molecule has 0 saturated heterocycles.